The smallest absolute Gasteiger partial charge is 0.333 e. The molecule has 0 heterocycles. The van der Waals surface area contributed by atoms with Crippen LogP contribution >= 0.6 is 0 Å². The first-order valence-corrected chi connectivity index (χ1v) is 5.31. The average molecular weight is 186 g/mol. The number of rotatable bonds is 3. The molecule has 3 heteroatoms. The van der Waals surface area contributed by atoms with Crippen LogP contribution < -0.4 is 0 Å². The number of carbonyl (C=O) groups is 1. The van der Waals surface area contributed by atoms with Crippen LogP contribution in [0.5, 0.6) is 0 Å². The number of hydrogen-bond acceptors (Lipinski definition) is 2. The van der Waals surface area contributed by atoms with Crippen LogP contribution in [-0.4, -0.2) is 21.8 Å². The van der Waals surface area contributed by atoms with Crippen LogP contribution in [0.1, 0.15) is 27.7 Å². The number of carbonyl (C=O) groups excluding carboxylic acids is 1. The number of hydrogen-bond donors (Lipinski definition) is 0. The zero-order valence-electron chi connectivity index (χ0n) is 8.60. The summed E-state index contributed by atoms with van der Waals surface area (Å²) in [7, 11) is 1.02. The zero-order valence-corrected chi connectivity index (χ0v) is 10.6. The lowest BCUT2D eigenvalue weighted by molar-refractivity contribution is -0.151. The highest BCUT2D eigenvalue weighted by Crippen LogP contribution is 2.23. The first-order chi connectivity index (χ1) is 5.27. The molecule has 0 saturated heterocycles. The van der Waals surface area contributed by atoms with Crippen molar-refractivity contribution in [2.45, 2.75) is 38.8 Å². The van der Waals surface area contributed by atoms with Crippen molar-refractivity contribution in [1.29, 1.82) is 0 Å². The Morgan fingerprint density at radius 3 is 2.25 bits per heavy atom. The molecule has 1 unspecified atom stereocenters. The molecule has 0 aliphatic carbocycles. The summed E-state index contributed by atoms with van der Waals surface area (Å²) in [5.74, 6) is -0.289. The minimum absolute atomic E-state index is 0.289. The van der Waals surface area contributed by atoms with E-state index in [1.54, 1.807) is 6.92 Å². The van der Waals surface area contributed by atoms with E-state index in [1.807, 2.05) is 13.8 Å². The van der Waals surface area contributed by atoms with Gasteiger partial charge < -0.3 is 4.74 Å². The topological polar surface area (TPSA) is 26.3 Å². The third-order valence-electron chi connectivity index (χ3n) is 2.09. The van der Waals surface area contributed by atoms with E-state index in [0.717, 1.165) is 10.2 Å². The van der Waals surface area contributed by atoms with Crippen LogP contribution in [0.2, 0.25) is 5.54 Å². The van der Waals surface area contributed by atoms with Gasteiger partial charge in [-0.05, 0) is 26.3 Å². The molecule has 0 aromatic rings. The maximum absolute atomic E-state index is 11.2. The van der Waals surface area contributed by atoms with Crippen molar-refractivity contribution in [3.63, 3.8) is 0 Å². The molecule has 12 heavy (non-hydrogen) atoms. The van der Waals surface area contributed by atoms with E-state index in [0.29, 0.717) is 11.1 Å². The SMILES string of the molecule is C=C(C)C(=O)OC(C)(C)C(C)[SiH3]. The lowest BCUT2D eigenvalue weighted by atomic mass is 10.1. The quantitative estimate of drug-likeness (QED) is 0.374. The van der Waals surface area contributed by atoms with E-state index in [2.05, 4.69) is 13.5 Å². The van der Waals surface area contributed by atoms with Gasteiger partial charge in [-0.3, -0.25) is 0 Å². The van der Waals surface area contributed by atoms with Crippen LogP contribution in [0.25, 0.3) is 0 Å². The third kappa shape index (κ3) is 3.22. The van der Waals surface area contributed by atoms with Gasteiger partial charge in [0.15, 0.2) is 0 Å². The fourth-order valence-corrected chi connectivity index (χ4v) is 0.562. The molecule has 0 spiro atoms. The van der Waals surface area contributed by atoms with Crippen LogP contribution in [0.15, 0.2) is 12.2 Å². The summed E-state index contributed by atoms with van der Waals surface area (Å²) in [5, 5.41) is 0. The fourth-order valence-electron chi connectivity index (χ4n) is 0.444. The van der Waals surface area contributed by atoms with Crippen molar-refractivity contribution < 1.29 is 9.53 Å². The summed E-state index contributed by atoms with van der Waals surface area (Å²) in [6.07, 6.45) is 0. The van der Waals surface area contributed by atoms with E-state index >= 15 is 0 Å². The molecule has 0 rings (SSSR count). The molecule has 0 aromatic heterocycles. The van der Waals surface area contributed by atoms with Gasteiger partial charge >= 0.3 is 5.97 Å². The van der Waals surface area contributed by atoms with Crippen molar-refractivity contribution in [3.8, 4) is 0 Å². The van der Waals surface area contributed by atoms with Crippen molar-refractivity contribution in [1.82, 2.24) is 0 Å². The molecule has 0 bridgehead atoms. The number of esters is 1. The van der Waals surface area contributed by atoms with Gasteiger partial charge in [-0.25, -0.2) is 4.79 Å². The van der Waals surface area contributed by atoms with Crippen LogP contribution in [0.3, 0.4) is 0 Å². The second-order valence-electron chi connectivity index (χ2n) is 3.93. The lowest BCUT2D eigenvalue weighted by Gasteiger charge is -2.29. The minimum atomic E-state index is -0.345. The predicted molar refractivity (Wildman–Crippen MR) is 54.3 cm³/mol. The van der Waals surface area contributed by atoms with E-state index in [-0.39, 0.29) is 11.6 Å². The Balaban J connectivity index is 4.25. The second kappa shape index (κ2) is 3.89. The normalized spacial score (nSPS) is 14.0. The fraction of sp³-hybridized carbons (Fsp3) is 0.667. The molecule has 0 saturated carbocycles. The van der Waals surface area contributed by atoms with E-state index in [9.17, 15) is 4.79 Å². The molecule has 2 nitrogen and oxygen atoms in total. The molecule has 0 aliphatic heterocycles. The largest absolute Gasteiger partial charge is 0.456 e. The Hall–Kier alpha value is -0.573. The number of ether oxygens (including phenoxy) is 1. The molecular weight excluding hydrogens is 168 g/mol. The Kier molecular flexibility index (Phi) is 3.71. The van der Waals surface area contributed by atoms with Crippen LogP contribution in [0.4, 0.5) is 0 Å². The summed E-state index contributed by atoms with van der Waals surface area (Å²) in [6.45, 7) is 11.2. The highest BCUT2D eigenvalue weighted by molar-refractivity contribution is 6.12. The molecule has 1 atom stereocenters. The predicted octanol–water partition coefficient (Wildman–Crippen LogP) is 1.06. The van der Waals surface area contributed by atoms with Crippen LogP contribution in [0, 0.1) is 0 Å². The molecule has 0 amide bonds. The lowest BCUT2D eigenvalue weighted by Crippen LogP contribution is -2.32. The van der Waals surface area contributed by atoms with Crippen LogP contribution in [-0.2, 0) is 9.53 Å². The van der Waals surface area contributed by atoms with E-state index < -0.39 is 0 Å². The maximum atomic E-state index is 11.2. The second-order valence-corrected chi connectivity index (χ2v) is 5.66. The Morgan fingerprint density at radius 1 is 1.58 bits per heavy atom. The first kappa shape index (κ1) is 11.4. The molecule has 0 N–H and O–H groups in total. The van der Waals surface area contributed by atoms with Gasteiger partial charge in [0.05, 0.1) is 0 Å². The molecular formula is C9H18O2Si. The van der Waals surface area contributed by atoms with Crippen molar-refractivity contribution >= 4 is 16.2 Å². The van der Waals surface area contributed by atoms with Gasteiger partial charge in [0.2, 0.25) is 0 Å². The molecule has 0 aromatic carbocycles. The van der Waals surface area contributed by atoms with Gasteiger partial charge in [-0.1, -0.05) is 13.5 Å². The van der Waals surface area contributed by atoms with E-state index in [4.69, 9.17) is 4.74 Å². The van der Waals surface area contributed by atoms with Crippen molar-refractivity contribution in [2.24, 2.45) is 0 Å². The van der Waals surface area contributed by atoms with Crippen molar-refractivity contribution in [2.75, 3.05) is 0 Å². The van der Waals surface area contributed by atoms with Crippen molar-refractivity contribution in [3.05, 3.63) is 12.2 Å². The maximum Gasteiger partial charge on any atom is 0.333 e. The van der Waals surface area contributed by atoms with Gasteiger partial charge in [0.1, 0.15) is 5.60 Å². The summed E-state index contributed by atoms with van der Waals surface area (Å²) >= 11 is 0. The minimum Gasteiger partial charge on any atom is -0.456 e. The Labute approximate surface area is 77.4 Å². The van der Waals surface area contributed by atoms with Gasteiger partial charge in [0.25, 0.3) is 0 Å². The Bertz CT molecular complexity index is 195. The van der Waals surface area contributed by atoms with E-state index in [1.165, 1.54) is 0 Å². The summed E-state index contributed by atoms with van der Waals surface area (Å²) in [6, 6.07) is 0. The summed E-state index contributed by atoms with van der Waals surface area (Å²) in [5.41, 5.74) is 0.564. The van der Waals surface area contributed by atoms with Gasteiger partial charge in [0, 0.05) is 15.8 Å². The summed E-state index contributed by atoms with van der Waals surface area (Å²) < 4.78 is 5.26. The monoisotopic (exact) mass is 186 g/mol. The molecule has 0 radical (unpaired) electrons. The third-order valence-corrected chi connectivity index (χ3v) is 3.49. The zero-order chi connectivity index (χ0) is 9.94. The first-order valence-electron chi connectivity index (χ1n) is 4.16. The average Bonchev–Trinajstić information content (AvgIpc) is 1.85. The van der Waals surface area contributed by atoms with Gasteiger partial charge in [-0.15, -0.1) is 0 Å². The highest BCUT2D eigenvalue weighted by Gasteiger charge is 2.26. The highest BCUT2D eigenvalue weighted by atomic mass is 28.1. The molecule has 0 fully saturated rings. The summed E-state index contributed by atoms with van der Waals surface area (Å²) in [4.78, 5) is 11.2. The molecule has 70 valence electrons. The Morgan fingerprint density at radius 2 is 2.00 bits per heavy atom. The standard InChI is InChI=1S/C9H18O2Si/c1-6(2)8(10)11-9(4,5)7(3)12/h7H,1H2,2-5,12H3. The molecule has 0 aliphatic rings. The van der Waals surface area contributed by atoms with Gasteiger partial charge in [-0.2, -0.15) is 0 Å².